The molecule has 3 heterocycles. The molecule has 2 saturated carbocycles. The molecule has 35 heavy (non-hydrogen) atoms. The van der Waals surface area contributed by atoms with Crippen LogP contribution >= 0.6 is 11.6 Å². The topological polar surface area (TPSA) is 74.5 Å². The van der Waals surface area contributed by atoms with Crippen molar-refractivity contribution in [2.24, 2.45) is 17.3 Å². The Kier molecular flexibility index (Phi) is 7.27. The number of pyridine rings is 1. The van der Waals surface area contributed by atoms with Gasteiger partial charge in [0.2, 0.25) is 0 Å². The van der Waals surface area contributed by atoms with Crippen molar-refractivity contribution in [2.45, 2.75) is 90.1 Å². The zero-order valence-electron chi connectivity index (χ0n) is 21.2. The van der Waals surface area contributed by atoms with Gasteiger partial charge in [0.05, 0.1) is 24.2 Å². The molecule has 0 aromatic carbocycles. The van der Waals surface area contributed by atoms with Crippen LogP contribution in [0.4, 0.5) is 0 Å². The Balaban J connectivity index is 1.25. The molecule has 2 aliphatic carbocycles. The first-order valence-corrected chi connectivity index (χ1v) is 13.9. The van der Waals surface area contributed by atoms with Crippen molar-refractivity contribution in [2.75, 3.05) is 19.8 Å². The van der Waals surface area contributed by atoms with E-state index in [0.717, 1.165) is 43.3 Å². The molecule has 0 bridgehead atoms. The van der Waals surface area contributed by atoms with Gasteiger partial charge in [-0.3, -0.25) is 15.0 Å². The van der Waals surface area contributed by atoms with E-state index in [1.54, 1.807) is 0 Å². The Morgan fingerprint density at radius 3 is 2.49 bits per heavy atom. The summed E-state index contributed by atoms with van der Waals surface area (Å²) in [6.45, 7) is 6.93. The second-order valence-corrected chi connectivity index (χ2v) is 12.2. The standard InChI is InChI=1S/C27H40ClN5O2/c1-27(2,20-6-4-3-5-7-20)21-9-11-22(12-10-21)31-17-24(33(34)35)26-30-16-23(32(26)18-31)14-19-8-13-25(28)29-15-19/h8,13,15,20-23,30H,3-7,9-12,14,16-18H2,1-2H3. The molecule has 0 spiro atoms. The molecular formula is C27H40ClN5O2. The van der Waals surface area contributed by atoms with Gasteiger partial charge in [-0.05, 0) is 73.8 Å². The maximum atomic E-state index is 12.0. The highest BCUT2D eigenvalue weighted by molar-refractivity contribution is 6.29. The fourth-order valence-corrected chi connectivity index (χ4v) is 7.42. The van der Waals surface area contributed by atoms with E-state index < -0.39 is 0 Å². The molecule has 1 aromatic heterocycles. The Labute approximate surface area is 214 Å². The third-order valence-electron chi connectivity index (χ3n) is 9.60. The van der Waals surface area contributed by atoms with Gasteiger partial charge >= 0.3 is 0 Å². The molecule has 0 amide bonds. The average Bonchev–Trinajstić information content (AvgIpc) is 3.28. The molecule has 1 saturated heterocycles. The summed E-state index contributed by atoms with van der Waals surface area (Å²) in [6, 6.07) is 4.41. The average molecular weight is 502 g/mol. The number of hydrogen-bond acceptors (Lipinski definition) is 6. The van der Waals surface area contributed by atoms with E-state index in [1.165, 1.54) is 44.9 Å². The van der Waals surface area contributed by atoms with Gasteiger partial charge < -0.3 is 10.2 Å². The van der Waals surface area contributed by atoms with Crippen LogP contribution in [0.25, 0.3) is 0 Å². The van der Waals surface area contributed by atoms with Gasteiger partial charge in [-0.2, -0.15) is 0 Å². The minimum atomic E-state index is -0.175. The van der Waals surface area contributed by atoms with E-state index in [4.69, 9.17) is 11.6 Å². The molecule has 192 valence electrons. The lowest BCUT2D eigenvalue weighted by molar-refractivity contribution is -0.433. The second kappa shape index (κ2) is 10.3. The van der Waals surface area contributed by atoms with Crippen LogP contribution in [0.15, 0.2) is 29.8 Å². The van der Waals surface area contributed by atoms with E-state index >= 15 is 0 Å². The van der Waals surface area contributed by atoms with Crippen LogP contribution in [-0.2, 0) is 6.42 Å². The first kappa shape index (κ1) is 24.8. The molecule has 7 nitrogen and oxygen atoms in total. The molecule has 4 aliphatic rings. The van der Waals surface area contributed by atoms with Crippen molar-refractivity contribution < 1.29 is 4.92 Å². The number of halogens is 1. The van der Waals surface area contributed by atoms with E-state index in [1.807, 2.05) is 18.3 Å². The number of hydrogen-bond donors (Lipinski definition) is 1. The van der Waals surface area contributed by atoms with Crippen LogP contribution in [0.5, 0.6) is 0 Å². The Morgan fingerprint density at radius 2 is 1.83 bits per heavy atom. The summed E-state index contributed by atoms with van der Waals surface area (Å²) < 4.78 is 0. The summed E-state index contributed by atoms with van der Waals surface area (Å²) in [7, 11) is 0. The van der Waals surface area contributed by atoms with Gasteiger partial charge in [-0.25, -0.2) is 4.98 Å². The normalized spacial score (nSPS) is 28.7. The van der Waals surface area contributed by atoms with Gasteiger partial charge in [-0.15, -0.1) is 0 Å². The lowest BCUT2D eigenvalue weighted by Gasteiger charge is -2.48. The SMILES string of the molecule is CC(C)(C1CCCCC1)C1CCC(N2CC([N+](=O)[O-])=C3NCC(Cc4ccc(Cl)nc4)N3C2)CC1. The number of aromatic nitrogens is 1. The molecule has 5 rings (SSSR count). The first-order valence-electron chi connectivity index (χ1n) is 13.6. The molecule has 0 radical (unpaired) electrons. The largest absolute Gasteiger partial charge is 0.364 e. The highest BCUT2D eigenvalue weighted by atomic mass is 35.5. The van der Waals surface area contributed by atoms with Gasteiger partial charge in [0.15, 0.2) is 5.82 Å². The maximum Gasteiger partial charge on any atom is 0.299 e. The summed E-state index contributed by atoms with van der Waals surface area (Å²) in [5.41, 5.74) is 1.83. The van der Waals surface area contributed by atoms with Crippen LogP contribution in [0.1, 0.15) is 77.2 Å². The Bertz CT molecular complexity index is 935. The van der Waals surface area contributed by atoms with Crippen molar-refractivity contribution in [1.82, 2.24) is 20.1 Å². The molecule has 2 aliphatic heterocycles. The number of nitrogens with zero attached hydrogens (tertiary/aromatic N) is 4. The molecule has 1 aromatic rings. The van der Waals surface area contributed by atoms with Crippen LogP contribution in [0.3, 0.4) is 0 Å². The second-order valence-electron chi connectivity index (χ2n) is 11.8. The van der Waals surface area contributed by atoms with Crippen LogP contribution in [0.2, 0.25) is 5.15 Å². The molecule has 1 N–H and O–H groups in total. The predicted octanol–water partition coefficient (Wildman–Crippen LogP) is 5.44. The first-order chi connectivity index (χ1) is 16.8. The lowest BCUT2D eigenvalue weighted by atomic mass is 9.60. The minimum Gasteiger partial charge on any atom is -0.364 e. The van der Waals surface area contributed by atoms with Crippen LogP contribution in [0, 0.1) is 27.4 Å². The summed E-state index contributed by atoms with van der Waals surface area (Å²) >= 11 is 5.96. The van der Waals surface area contributed by atoms with Crippen LogP contribution < -0.4 is 5.32 Å². The number of rotatable bonds is 6. The van der Waals surface area contributed by atoms with Gasteiger partial charge in [0.1, 0.15) is 5.15 Å². The van der Waals surface area contributed by atoms with E-state index in [2.05, 4.69) is 33.9 Å². The zero-order chi connectivity index (χ0) is 24.6. The zero-order valence-corrected chi connectivity index (χ0v) is 22.0. The number of fused-ring (bicyclic) bond motifs is 1. The smallest absolute Gasteiger partial charge is 0.299 e. The summed E-state index contributed by atoms with van der Waals surface area (Å²) in [6.07, 6.45) is 14.4. The van der Waals surface area contributed by atoms with E-state index in [0.29, 0.717) is 41.2 Å². The molecule has 1 unspecified atom stereocenters. The highest BCUT2D eigenvalue weighted by Crippen LogP contribution is 2.49. The molecular weight excluding hydrogens is 462 g/mol. The molecule has 1 atom stereocenters. The number of nitro groups is 1. The summed E-state index contributed by atoms with van der Waals surface area (Å²) in [5.74, 6) is 2.34. The molecule has 8 heteroatoms. The maximum absolute atomic E-state index is 12.0. The van der Waals surface area contributed by atoms with Gasteiger partial charge in [0.25, 0.3) is 5.70 Å². The van der Waals surface area contributed by atoms with Crippen LogP contribution in [-0.4, -0.2) is 51.5 Å². The van der Waals surface area contributed by atoms with E-state index in [-0.39, 0.29) is 11.0 Å². The lowest BCUT2D eigenvalue weighted by Crippen LogP contribution is -2.52. The fraction of sp³-hybridized carbons (Fsp3) is 0.741. The summed E-state index contributed by atoms with van der Waals surface area (Å²) in [4.78, 5) is 20.7. The van der Waals surface area contributed by atoms with Crippen molar-refractivity contribution >= 4 is 11.6 Å². The van der Waals surface area contributed by atoms with E-state index in [9.17, 15) is 10.1 Å². The third kappa shape index (κ3) is 5.17. The Morgan fingerprint density at radius 1 is 1.11 bits per heavy atom. The van der Waals surface area contributed by atoms with Crippen molar-refractivity contribution in [3.05, 3.63) is 50.7 Å². The number of nitrogens with one attached hydrogen (secondary N) is 1. The Hall–Kier alpha value is -1.86. The quantitative estimate of drug-likeness (QED) is 0.318. The van der Waals surface area contributed by atoms with Crippen molar-refractivity contribution in [3.8, 4) is 0 Å². The van der Waals surface area contributed by atoms with Crippen molar-refractivity contribution in [3.63, 3.8) is 0 Å². The minimum absolute atomic E-state index is 0.173. The highest BCUT2D eigenvalue weighted by Gasteiger charge is 2.44. The predicted molar refractivity (Wildman–Crippen MR) is 138 cm³/mol. The van der Waals surface area contributed by atoms with Crippen molar-refractivity contribution in [1.29, 1.82) is 0 Å². The molecule has 3 fully saturated rings. The summed E-state index contributed by atoms with van der Waals surface area (Å²) in [5, 5.41) is 15.9. The monoisotopic (exact) mass is 501 g/mol. The fourth-order valence-electron chi connectivity index (χ4n) is 7.31. The third-order valence-corrected chi connectivity index (χ3v) is 9.82. The van der Waals surface area contributed by atoms with Gasteiger partial charge in [0, 0.05) is 18.8 Å². The van der Waals surface area contributed by atoms with Gasteiger partial charge in [-0.1, -0.05) is 50.8 Å².